The number of hydrogen-bond acceptors (Lipinski definition) is 2. The van der Waals surface area contributed by atoms with Crippen LogP contribution < -0.4 is 4.74 Å². The minimum Gasteiger partial charge on any atom is -0.438 e. The van der Waals surface area contributed by atoms with E-state index in [9.17, 15) is 0 Å². The third-order valence-electron chi connectivity index (χ3n) is 2.71. The minimum atomic E-state index is 0.131. The molecule has 0 aliphatic heterocycles. The quantitative estimate of drug-likeness (QED) is 0.711. The Balaban J connectivity index is 2.20. The van der Waals surface area contributed by atoms with Crippen LogP contribution in [-0.4, -0.2) is 4.98 Å². The van der Waals surface area contributed by atoms with Gasteiger partial charge in [0.1, 0.15) is 10.8 Å². The molecular weight excluding hydrogens is 326 g/mol. The predicted molar refractivity (Wildman–Crippen MR) is 82.2 cm³/mol. The van der Waals surface area contributed by atoms with E-state index in [4.69, 9.17) is 16.3 Å². The van der Waals surface area contributed by atoms with Gasteiger partial charge in [-0.25, -0.2) is 4.98 Å². The van der Waals surface area contributed by atoms with Gasteiger partial charge in [-0.3, -0.25) is 0 Å². The molecule has 1 aromatic carbocycles. The molecule has 0 aliphatic carbocycles. The topological polar surface area (TPSA) is 22.1 Å². The van der Waals surface area contributed by atoms with E-state index in [2.05, 4.69) is 53.8 Å². The lowest BCUT2D eigenvalue weighted by molar-refractivity contribution is 0.462. The predicted octanol–water partition coefficient (Wildman–Crippen LogP) is 5.59. The zero-order valence-corrected chi connectivity index (χ0v) is 13.4. The number of pyridine rings is 1. The highest BCUT2D eigenvalue weighted by Crippen LogP contribution is 2.30. The molecule has 2 rings (SSSR count). The molecule has 1 aromatic heterocycles. The highest BCUT2D eigenvalue weighted by Gasteiger charge is 2.13. The molecule has 2 aromatic rings. The van der Waals surface area contributed by atoms with Crippen molar-refractivity contribution in [3.05, 3.63) is 51.6 Å². The van der Waals surface area contributed by atoms with Crippen molar-refractivity contribution in [2.45, 2.75) is 26.2 Å². The van der Waals surface area contributed by atoms with Crippen LogP contribution in [0, 0.1) is 0 Å². The molecule has 0 atom stereocenters. The summed E-state index contributed by atoms with van der Waals surface area (Å²) in [5.74, 6) is 1.14. The third-order valence-corrected chi connectivity index (χ3v) is 3.41. The van der Waals surface area contributed by atoms with Crippen LogP contribution in [0.15, 0.2) is 41.0 Å². The number of ether oxygens (including phenoxy) is 1. The lowest BCUT2D eigenvalue weighted by Crippen LogP contribution is -2.10. The van der Waals surface area contributed by atoms with Crippen molar-refractivity contribution >= 4 is 27.5 Å². The van der Waals surface area contributed by atoms with E-state index in [0.29, 0.717) is 10.9 Å². The zero-order valence-electron chi connectivity index (χ0n) is 11.1. The molecule has 0 N–H and O–H groups in total. The number of aromatic nitrogens is 1. The summed E-state index contributed by atoms with van der Waals surface area (Å²) in [5.41, 5.74) is 1.39. The molecule has 4 heteroatoms. The van der Waals surface area contributed by atoms with Crippen molar-refractivity contribution in [1.82, 2.24) is 4.98 Å². The van der Waals surface area contributed by atoms with Gasteiger partial charge in [0.2, 0.25) is 5.88 Å². The van der Waals surface area contributed by atoms with Gasteiger partial charge in [-0.05, 0) is 45.1 Å². The fourth-order valence-electron chi connectivity index (χ4n) is 1.61. The van der Waals surface area contributed by atoms with E-state index < -0.39 is 0 Å². The van der Waals surface area contributed by atoms with Crippen LogP contribution in [-0.2, 0) is 5.41 Å². The number of benzene rings is 1. The van der Waals surface area contributed by atoms with Gasteiger partial charge in [0.05, 0.1) is 0 Å². The van der Waals surface area contributed by atoms with Crippen molar-refractivity contribution in [1.29, 1.82) is 0 Å². The molecule has 0 amide bonds. The van der Waals surface area contributed by atoms with Crippen molar-refractivity contribution in [3.63, 3.8) is 0 Å². The molecule has 0 unspecified atom stereocenters. The number of rotatable bonds is 2. The SMILES string of the molecule is CC(C)(C)c1ccc(Oc2ncc(Br)cc2Cl)cc1. The average Bonchev–Trinajstić information content (AvgIpc) is 2.32. The van der Waals surface area contributed by atoms with Gasteiger partial charge in [0, 0.05) is 10.7 Å². The van der Waals surface area contributed by atoms with Crippen molar-refractivity contribution in [2.24, 2.45) is 0 Å². The molecule has 0 radical (unpaired) electrons. The van der Waals surface area contributed by atoms with Crippen LogP contribution in [0.3, 0.4) is 0 Å². The largest absolute Gasteiger partial charge is 0.438 e. The maximum atomic E-state index is 6.07. The molecule has 0 bridgehead atoms. The Morgan fingerprint density at radius 2 is 1.79 bits per heavy atom. The molecular formula is C15H15BrClNO. The molecule has 19 heavy (non-hydrogen) atoms. The van der Waals surface area contributed by atoms with E-state index in [-0.39, 0.29) is 5.41 Å². The van der Waals surface area contributed by atoms with Crippen LogP contribution in [0.25, 0.3) is 0 Å². The van der Waals surface area contributed by atoms with Crippen molar-refractivity contribution < 1.29 is 4.74 Å². The number of halogens is 2. The lowest BCUT2D eigenvalue weighted by atomic mass is 9.87. The Bertz CT molecular complexity index is 576. The van der Waals surface area contributed by atoms with E-state index >= 15 is 0 Å². The number of nitrogens with zero attached hydrogens (tertiary/aromatic N) is 1. The fourth-order valence-corrected chi connectivity index (χ4v) is 2.28. The smallest absolute Gasteiger partial charge is 0.238 e. The summed E-state index contributed by atoms with van der Waals surface area (Å²) in [4.78, 5) is 4.14. The maximum absolute atomic E-state index is 6.07. The van der Waals surface area contributed by atoms with E-state index in [1.165, 1.54) is 5.56 Å². The zero-order chi connectivity index (χ0) is 14.0. The van der Waals surface area contributed by atoms with Crippen molar-refractivity contribution in [2.75, 3.05) is 0 Å². The first-order valence-electron chi connectivity index (χ1n) is 5.96. The minimum absolute atomic E-state index is 0.131. The average molecular weight is 341 g/mol. The van der Waals surface area contributed by atoms with Crippen LogP contribution >= 0.6 is 27.5 Å². The van der Waals surface area contributed by atoms with Crippen LogP contribution in [0.5, 0.6) is 11.6 Å². The first kappa shape index (κ1) is 14.4. The molecule has 0 saturated carbocycles. The summed E-state index contributed by atoms with van der Waals surface area (Å²) >= 11 is 9.38. The normalized spacial score (nSPS) is 11.4. The molecule has 0 spiro atoms. The molecule has 1 heterocycles. The van der Waals surface area contributed by atoms with Crippen LogP contribution in [0.4, 0.5) is 0 Å². The maximum Gasteiger partial charge on any atom is 0.238 e. The highest BCUT2D eigenvalue weighted by molar-refractivity contribution is 9.10. The van der Waals surface area contributed by atoms with Gasteiger partial charge in [0.15, 0.2) is 0 Å². The second-order valence-corrected chi connectivity index (χ2v) is 6.64. The second kappa shape index (κ2) is 5.51. The second-order valence-electron chi connectivity index (χ2n) is 5.32. The fraction of sp³-hybridized carbons (Fsp3) is 0.267. The number of hydrogen-bond donors (Lipinski definition) is 0. The summed E-state index contributed by atoms with van der Waals surface area (Å²) in [6.07, 6.45) is 1.66. The van der Waals surface area contributed by atoms with E-state index in [0.717, 1.165) is 10.2 Å². The molecule has 0 aliphatic rings. The summed E-state index contributed by atoms with van der Waals surface area (Å²) in [5, 5.41) is 0.481. The van der Waals surface area contributed by atoms with Crippen molar-refractivity contribution in [3.8, 4) is 11.6 Å². The monoisotopic (exact) mass is 339 g/mol. The molecule has 0 saturated heterocycles. The Labute approximate surface area is 126 Å². The Hall–Kier alpha value is -1.06. The lowest BCUT2D eigenvalue weighted by Gasteiger charge is -2.19. The summed E-state index contributed by atoms with van der Waals surface area (Å²) in [6, 6.07) is 9.73. The first-order valence-corrected chi connectivity index (χ1v) is 7.13. The van der Waals surface area contributed by atoms with Crippen LogP contribution in [0.2, 0.25) is 5.02 Å². The van der Waals surface area contributed by atoms with Gasteiger partial charge in [-0.1, -0.05) is 44.5 Å². The molecule has 0 fully saturated rings. The first-order chi connectivity index (χ1) is 8.86. The van der Waals surface area contributed by atoms with Crippen LogP contribution in [0.1, 0.15) is 26.3 Å². The Morgan fingerprint density at radius 1 is 1.16 bits per heavy atom. The summed E-state index contributed by atoms with van der Waals surface area (Å²) in [6.45, 7) is 6.53. The van der Waals surface area contributed by atoms with Gasteiger partial charge in [-0.2, -0.15) is 0 Å². The molecule has 2 nitrogen and oxygen atoms in total. The standard InChI is InChI=1S/C15H15BrClNO/c1-15(2,3)10-4-6-12(7-5-10)19-14-13(17)8-11(16)9-18-14/h4-9H,1-3H3. The Kier molecular flexibility index (Phi) is 4.16. The van der Waals surface area contributed by atoms with E-state index in [1.807, 2.05) is 12.1 Å². The highest BCUT2D eigenvalue weighted by atomic mass is 79.9. The van der Waals surface area contributed by atoms with Gasteiger partial charge < -0.3 is 4.74 Å². The van der Waals surface area contributed by atoms with Gasteiger partial charge in [0.25, 0.3) is 0 Å². The van der Waals surface area contributed by atoms with Gasteiger partial charge in [-0.15, -0.1) is 0 Å². The summed E-state index contributed by atoms with van der Waals surface area (Å²) in [7, 11) is 0. The molecule has 100 valence electrons. The third kappa shape index (κ3) is 3.71. The summed E-state index contributed by atoms with van der Waals surface area (Å²) < 4.78 is 6.49. The Morgan fingerprint density at radius 3 is 2.32 bits per heavy atom. The van der Waals surface area contributed by atoms with Gasteiger partial charge >= 0.3 is 0 Å². The van der Waals surface area contributed by atoms with E-state index in [1.54, 1.807) is 12.3 Å².